The number of benzene rings is 2. The van der Waals surface area contributed by atoms with Crippen LogP contribution in [-0.2, 0) is 13.9 Å². The lowest BCUT2D eigenvalue weighted by atomic mass is 10.1. The minimum atomic E-state index is -2.48. The molecule has 1 saturated heterocycles. The minimum Gasteiger partial charge on any atom is -0.404 e. The van der Waals surface area contributed by atoms with Crippen LogP contribution in [0.5, 0.6) is 0 Å². The Morgan fingerprint density at radius 1 is 0.914 bits per heavy atom. The van der Waals surface area contributed by atoms with Crippen LogP contribution in [0.25, 0.3) is 0 Å². The lowest BCUT2D eigenvalue weighted by Gasteiger charge is -2.42. The summed E-state index contributed by atoms with van der Waals surface area (Å²) in [5.74, 6) is 0. The molecule has 0 amide bonds. The molecule has 1 unspecified atom stereocenters. The highest BCUT2D eigenvalue weighted by molar-refractivity contribution is 6.99. The van der Waals surface area contributed by atoms with Gasteiger partial charge in [0, 0.05) is 6.61 Å². The van der Waals surface area contributed by atoms with Crippen molar-refractivity contribution in [1.29, 1.82) is 0 Å². The molecule has 190 valence electrons. The average molecular weight is 493 g/mol. The second-order valence-electron chi connectivity index (χ2n) is 10.7. The first-order valence-electron chi connectivity index (χ1n) is 13.1. The van der Waals surface area contributed by atoms with Crippen molar-refractivity contribution >= 4 is 18.7 Å². The molecule has 1 aliphatic heterocycles. The zero-order chi connectivity index (χ0) is 25.2. The fourth-order valence-electron chi connectivity index (χ4n) is 4.84. The van der Waals surface area contributed by atoms with E-state index in [0.717, 1.165) is 32.3 Å². The summed E-state index contributed by atoms with van der Waals surface area (Å²) in [6.07, 6.45) is 9.96. The summed E-state index contributed by atoms with van der Waals surface area (Å²) in [5, 5.41) is 2.65. The molecular formula is C31H44O3Si. The summed E-state index contributed by atoms with van der Waals surface area (Å²) in [7, 11) is -2.48. The first-order valence-corrected chi connectivity index (χ1v) is 15.0. The van der Waals surface area contributed by atoms with Gasteiger partial charge in [0.15, 0.2) is 6.29 Å². The van der Waals surface area contributed by atoms with Gasteiger partial charge in [0.25, 0.3) is 8.32 Å². The lowest BCUT2D eigenvalue weighted by Crippen LogP contribution is -2.66. The quantitative estimate of drug-likeness (QED) is 0.256. The summed E-state index contributed by atoms with van der Waals surface area (Å²) in [4.78, 5) is 0. The van der Waals surface area contributed by atoms with Gasteiger partial charge in [0.05, 0.1) is 13.2 Å². The maximum atomic E-state index is 6.98. The SMILES string of the molecule is C/C(=C/CO[Si](c1ccccc1)(c1ccccc1)C(C)(C)C)CC/C=C(/C)COC1CCCCO1. The van der Waals surface area contributed by atoms with Crippen LogP contribution in [0.15, 0.2) is 84.0 Å². The molecule has 35 heavy (non-hydrogen) atoms. The number of hydrogen-bond donors (Lipinski definition) is 0. The molecule has 2 aromatic carbocycles. The van der Waals surface area contributed by atoms with E-state index in [-0.39, 0.29) is 11.3 Å². The molecule has 0 radical (unpaired) electrons. The highest BCUT2D eigenvalue weighted by Gasteiger charge is 2.49. The monoisotopic (exact) mass is 492 g/mol. The van der Waals surface area contributed by atoms with Gasteiger partial charge in [-0.3, -0.25) is 0 Å². The Hall–Kier alpha value is -1.98. The van der Waals surface area contributed by atoms with Crippen LogP contribution >= 0.6 is 0 Å². The summed E-state index contributed by atoms with van der Waals surface area (Å²) in [6.45, 7) is 13.4. The fourth-order valence-corrected chi connectivity index (χ4v) is 9.33. The van der Waals surface area contributed by atoms with Crippen molar-refractivity contribution in [1.82, 2.24) is 0 Å². The largest absolute Gasteiger partial charge is 0.404 e. The number of hydrogen-bond acceptors (Lipinski definition) is 3. The second-order valence-corrected chi connectivity index (χ2v) is 15.0. The number of allylic oxidation sites excluding steroid dienone is 2. The zero-order valence-corrected chi connectivity index (χ0v) is 23.4. The van der Waals surface area contributed by atoms with E-state index in [4.69, 9.17) is 13.9 Å². The van der Waals surface area contributed by atoms with Crippen LogP contribution in [0.3, 0.4) is 0 Å². The van der Waals surface area contributed by atoms with Crippen LogP contribution in [0.4, 0.5) is 0 Å². The maximum Gasteiger partial charge on any atom is 0.261 e. The summed E-state index contributed by atoms with van der Waals surface area (Å²) >= 11 is 0. The normalized spacial score (nSPS) is 18.0. The molecule has 1 aliphatic rings. The van der Waals surface area contributed by atoms with Crippen LogP contribution in [0.1, 0.15) is 66.7 Å². The molecule has 0 aromatic heterocycles. The van der Waals surface area contributed by atoms with Crippen LogP contribution < -0.4 is 10.4 Å². The Labute approximate surface area is 214 Å². The van der Waals surface area contributed by atoms with Crippen LogP contribution in [0, 0.1) is 0 Å². The molecule has 0 N–H and O–H groups in total. The minimum absolute atomic E-state index is 0.000646. The molecule has 0 bridgehead atoms. The first kappa shape index (κ1) is 27.6. The number of rotatable bonds is 11. The molecule has 0 aliphatic carbocycles. The van der Waals surface area contributed by atoms with E-state index in [0.29, 0.717) is 13.2 Å². The van der Waals surface area contributed by atoms with Crippen molar-refractivity contribution in [3.05, 3.63) is 84.0 Å². The van der Waals surface area contributed by atoms with Crippen molar-refractivity contribution in [2.75, 3.05) is 19.8 Å². The lowest BCUT2D eigenvalue weighted by molar-refractivity contribution is -0.156. The van der Waals surface area contributed by atoms with Gasteiger partial charge in [0.1, 0.15) is 0 Å². The standard InChI is InChI=1S/C31H44O3Si/c1-26(15-14-16-27(2)25-33-30-21-12-13-23-32-30)22-24-34-35(31(3,4)5,28-17-8-6-9-18-28)29-19-10-7-11-20-29/h6-11,16-20,22,30H,12-15,21,23-25H2,1-5H3/b26-22-,27-16-. The van der Waals surface area contributed by atoms with Gasteiger partial charge in [-0.1, -0.05) is 105 Å². The topological polar surface area (TPSA) is 27.7 Å². The Balaban J connectivity index is 1.62. The molecule has 1 fully saturated rings. The fraction of sp³-hybridized carbons (Fsp3) is 0.484. The molecule has 3 rings (SSSR count). The molecule has 1 atom stereocenters. The van der Waals surface area contributed by atoms with Crippen molar-refractivity contribution in [2.24, 2.45) is 0 Å². The van der Waals surface area contributed by atoms with E-state index in [2.05, 4.69) is 107 Å². The molecule has 4 heteroatoms. The van der Waals surface area contributed by atoms with Gasteiger partial charge >= 0.3 is 0 Å². The zero-order valence-electron chi connectivity index (χ0n) is 22.4. The van der Waals surface area contributed by atoms with Gasteiger partial charge in [-0.05, 0) is 61.4 Å². The summed E-state index contributed by atoms with van der Waals surface area (Å²) in [5.41, 5.74) is 2.64. The molecule has 0 spiro atoms. The van der Waals surface area contributed by atoms with E-state index in [1.54, 1.807) is 0 Å². The van der Waals surface area contributed by atoms with E-state index in [9.17, 15) is 0 Å². The Morgan fingerprint density at radius 2 is 1.54 bits per heavy atom. The maximum absolute atomic E-state index is 6.98. The predicted octanol–water partition coefficient (Wildman–Crippen LogP) is 6.78. The van der Waals surface area contributed by atoms with Gasteiger partial charge in [0.2, 0.25) is 0 Å². The van der Waals surface area contributed by atoms with E-state index < -0.39 is 8.32 Å². The van der Waals surface area contributed by atoms with Crippen molar-refractivity contribution in [3.63, 3.8) is 0 Å². The molecular weight excluding hydrogens is 448 g/mol. The van der Waals surface area contributed by atoms with Crippen molar-refractivity contribution in [2.45, 2.75) is 78.1 Å². The number of ether oxygens (including phenoxy) is 2. The first-order chi connectivity index (χ1) is 16.8. The highest BCUT2D eigenvalue weighted by Crippen LogP contribution is 2.36. The van der Waals surface area contributed by atoms with E-state index >= 15 is 0 Å². The molecule has 2 aromatic rings. The third-order valence-corrected chi connectivity index (χ3v) is 11.8. The Bertz CT molecular complexity index is 899. The van der Waals surface area contributed by atoms with Gasteiger partial charge in [-0.25, -0.2) is 0 Å². The van der Waals surface area contributed by atoms with Crippen LogP contribution in [0.2, 0.25) is 5.04 Å². The van der Waals surface area contributed by atoms with Gasteiger partial charge in [-0.15, -0.1) is 0 Å². The second kappa shape index (κ2) is 13.4. The van der Waals surface area contributed by atoms with Gasteiger partial charge in [-0.2, -0.15) is 0 Å². The smallest absolute Gasteiger partial charge is 0.261 e. The van der Waals surface area contributed by atoms with Crippen LogP contribution in [-0.4, -0.2) is 34.4 Å². The molecule has 3 nitrogen and oxygen atoms in total. The third kappa shape index (κ3) is 7.75. The molecule has 0 saturated carbocycles. The average Bonchev–Trinajstić information content (AvgIpc) is 2.86. The van der Waals surface area contributed by atoms with Crippen molar-refractivity contribution in [3.8, 4) is 0 Å². The molecule has 1 heterocycles. The van der Waals surface area contributed by atoms with E-state index in [1.807, 2.05) is 0 Å². The van der Waals surface area contributed by atoms with Crippen molar-refractivity contribution < 1.29 is 13.9 Å². The van der Waals surface area contributed by atoms with E-state index in [1.165, 1.54) is 27.9 Å². The highest BCUT2D eigenvalue weighted by atomic mass is 28.4. The van der Waals surface area contributed by atoms with Gasteiger partial charge < -0.3 is 13.9 Å². The third-order valence-electron chi connectivity index (χ3n) is 6.81. The Kier molecular flexibility index (Phi) is 10.5. The summed E-state index contributed by atoms with van der Waals surface area (Å²) in [6, 6.07) is 21.7. The predicted molar refractivity (Wildman–Crippen MR) is 150 cm³/mol. The Morgan fingerprint density at radius 3 is 2.09 bits per heavy atom. The summed E-state index contributed by atoms with van der Waals surface area (Å²) < 4.78 is 18.5.